The first-order valence-corrected chi connectivity index (χ1v) is 13.5. The Labute approximate surface area is 203 Å². The molecule has 174 valence electrons. The number of benzene rings is 2. The smallest absolute Gasteiger partial charge is 0.263 e. The van der Waals surface area contributed by atoms with Crippen LogP contribution in [0.5, 0.6) is 0 Å². The maximum atomic E-state index is 13.4. The van der Waals surface area contributed by atoms with Crippen LogP contribution in [0.1, 0.15) is 25.4 Å². The number of aryl methyl sites for hydroxylation is 2. The average Bonchev–Trinajstić information content (AvgIpc) is 3.42. The van der Waals surface area contributed by atoms with Gasteiger partial charge in [-0.2, -0.15) is 0 Å². The number of fused-ring (bicyclic) bond motifs is 1. The molecule has 2 aliphatic heterocycles. The molecule has 0 radical (unpaired) electrons. The Morgan fingerprint density at radius 1 is 1.18 bits per heavy atom. The molecule has 0 spiro atoms. The van der Waals surface area contributed by atoms with Crippen LogP contribution in [-0.4, -0.2) is 38.4 Å². The van der Waals surface area contributed by atoms with E-state index in [0.29, 0.717) is 23.1 Å². The lowest BCUT2D eigenvalue weighted by Crippen LogP contribution is -2.44. The maximum Gasteiger partial charge on any atom is 0.263 e. The molecular formula is C23H25ClN4O3S2. The first-order chi connectivity index (χ1) is 15.8. The molecule has 5 rings (SSSR count). The van der Waals surface area contributed by atoms with E-state index in [0.717, 1.165) is 36.3 Å². The van der Waals surface area contributed by atoms with Crippen LogP contribution < -0.4 is 14.5 Å². The van der Waals surface area contributed by atoms with Crippen molar-refractivity contribution in [1.82, 2.24) is 4.98 Å². The van der Waals surface area contributed by atoms with E-state index in [4.69, 9.17) is 11.6 Å². The standard InChI is InChI=1S/C23H23ClN4O3S2.H2/c1-15-13-18(33(30,31)26-23-25-9-12-32-23)5-7-19(15)28-11-8-21(22(28)29)27-10-2-3-16-14-17(24)4-6-20(16)27;/h4-7,9,12-14,21H,2-3,8,10-11H2,1H3,(H,25,26);1H/t21-;/m0./s1. The Hall–Kier alpha value is -2.62. The van der Waals surface area contributed by atoms with Crippen molar-refractivity contribution in [1.29, 1.82) is 0 Å². The topological polar surface area (TPSA) is 82.6 Å². The van der Waals surface area contributed by atoms with E-state index < -0.39 is 10.0 Å². The summed E-state index contributed by atoms with van der Waals surface area (Å²) in [6.45, 7) is 3.25. The number of halogens is 1. The van der Waals surface area contributed by atoms with Gasteiger partial charge in [0.2, 0.25) is 5.91 Å². The molecule has 1 atom stereocenters. The van der Waals surface area contributed by atoms with Gasteiger partial charge in [-0.3, -0.25) is 9.52 Å². The average molecular weight is 505 g/mol. The van der Waals surface area contributed by atoms with Gasteiger partial charge in [0.15, 0.2) is 5.13 Å². The van der Waals surface area contributed by atoms with Crippen molar-refractivity contribution in [3.05, 3.63) is 64.1 Å². The number of sulfonamides is 1. The quantitative estimate of drug-likeness (QED) is 0.544. The summed E-state index contributed by atoms with van der Waals surface area (Å²) >= 11 is 7.39. The molecule has 0 unspecified atom stereocenters. The Morgan fingerprint density at radius 2 is 2.00 bits per heavy atom. The lowest BCUT2D eigenvalue weighted by molar-refractivity contribution is -0.118. The van der Waals surface area contributed by atoms with Crippen molar-refractivity contribution in [2.45, 2.75) is 37.1 Å². The van der Waals surface area contributed by atoms with Gasteiger partial charge in [-0.15, -0.1) is 11.3 Å². The Morgan fingerprint density at radius 3 is 2.76 bits per heavy atom. The number of aromatic nitrogens is 1. The summed E-state index contributed by atoms with van der Waals surface area (Å²) in [4.78, 5) is 21.5. The fraction of sp³-hybridized carbons (Fsp3) is 0.304. The van der Waals surface area contributed by atoms with Gasteiger partial charge >= 0.3 is 0 Å². The number of carbonyl (C=O) groups is 1. The molecule has 7 nitrogen and oxygen atoms in total. The van der Waals surface area contributed by atoms with E-state index in [-0.39, 0.29) is 18.3 Å². The highest BCUT2D eigenvalue weighted by Gasteiger charge is 2.38. The fourth-order valence-electron chi connectivity index (χ4n) is 4.66. The number of nitrogens with zero attached hydrogens (tertiary/aromatic N) is 3. The van der Waals surface area contributed by atoms with Gasteiger partial charge in [0.1, 0.15) is 6.04 Å². The summed E-state index contributed by atoms with van der Waals surface area (Å²) < 4.78 is 27.9. The number of nitrogens with one attached hydrogen (secondary N) is 1. The minimum atomic E-state index is -3.75. The lowest BCUT2D eigenvalue weighted by Gasteiger charge is -2.35. The highest BCUT2D eigenvalue weighted by Crippen LogP contribution is 2.35. The highest BCUT2D eigenvalue weighted by molar-refractivity contribution is 7.93. The second kappa shape index (κ2) is 8.62. The van der Waals surface area contributed by atoms with Crippen LogP contribution in [0, 0.1) is 6.92 Å². The van der Waals surface area contributed by atoms with Crippen LogP contribution in [0.2, 0.25) is 5.02 Å². The molecule has 3 heterocycles. The molecule has 0 bridgehead atoms. The molecule has 0 aliphatic carbocycles. The molecule has 33 heavy (non-hydrogen) atoms. The van der Waals surface area contributed by atoms with Crippen LogP contribution >= 0.6 is 22.9 Å². The summed E-state index contributed by atoms with van der Waals surface area (Å²) in [5.74, 6) is 0.0393. The maximum absolute atomic E-state index is 13.4. The predicted octanol–water partition coefficient (Wildman–Crippen LogP) is 4.71. The molecule has 2 aromatic carbocycles. The van der Waals surface area contributed by atoms with Crippen molar-refractivity contribution >= 4 is 55.4 Å². The van der Waals surface area contributed by atoms with Crippen LogP contribution in [0.4, 0.5) is 16.5 Å². The molecule has 1 aromatic heterocycles. The van der Waals surface area contributed by atoms with Gasteiger partial charge < -0.3 is 9.80 Å². The van der Waals surface area contributed by atoms with Gasteiger partial charge in [0, 0.05) is 42.5 Å². The molecule has 1 saturated heterocycles. The summed E-state index contributed by atoms with van der Waals surface area (Å²) in [6.07, 6.45) is 4.20. The van der Waals surface area contributed by atoms with Crippen molar-refractivity contribution < 1.29 is 14.6 Å². The highest BCUT2D eigenvalue weighted by atomic mass is 35.5. The van der Waals surface area contributed by atoms with E-state index in [9.17, 15) is 13.2 Å². The third-order valence-corrected chi connectivity index (χ3v) is 8.56. The number of hydrogen-bond donors (Lipinski definition) is 1. The summed E-state index contributed by atoms with van der Waals surface area (Å²) in [5, 5.41) is 2.74. The third-order valence-electron chi connectivity index (χ3n) is 6.17. The zero-order chi connectivity index (χ0) is 23.2. The predicted molar refractivity (Wildman–Crippen MR) is 134 cm³/mol. The van der Waals surface area contributed by atoms with E-state index in [1.807, 2.05) is 25.1 Å². The van der Waals surface area contributed by atoms with Gasteiger partial charge in [-0.05, 0) is 73.7 Å². The number of thiazole rings is 1. The van der Waals surface area contributed by atoms with Crippen LogP contribution in [0.3, 0.4) is 0 Å². The molecule has 10 heteroatoms. The van der Waals surface area contributed by atoms with Crippen molar-refractivity contribution in [3.8, 4) is 0 Å². The minimum Gasteiger partial charge on any atom is -0.359 e. The monoisotopic (exact) mass is 504 g/mol. The number of amides is 1. The molecular weight excluding hydrogens is 480 g/mol. The SMILES string of the molecule is Cc1cc(S(=O)(=O)Nc2nccs2)ccc1N1CC[C@H](N2CCCc3cc(Cl)ccc32)C1=O.[HH]. The van der Waals surface area contributed by atoms with E-state index in [1.165, 1.54) is 23.0 Å². The second-order valence-electron chi connectivity index (χ2n) is 8.26. The van der Waals surface area contributed by atoms with Crippen LogP contribution in [0.25, 0.3) is 0 Å². The van der Waals surface area contributed by atoms with E-state index >= 15 is 0 Å². The van der Waals surface area contributed by atoms with Gasteiger partial charge in [-0.25, -0.2) is 13.4 Å². The van der Waals surface area contributed by atoms with Crippen LogP contribution in [-0.2, 0) is 21.2 Å². The lowest BCUT2D eigenvalue weighted by atomic mass is 9.99. The minimum absolute atomic E-state index is 0. The largest absolute Gasteiger partial charge is 0.359 e. The summed E-state index contributed by atoms with van der Waals surface area (Å²) in [5.41, 5.74) is 3.73. The second-order valence-corrected chi connectivity index (χ2v) is 11.3. The van der Waals surface area contributed by atoms with Gasteiger partial charge in [0.25, 0.3) is 10.0 Å². The zero-order valence-electron chi connectivity index (χ0n) is 18.0. The number of carbonyl (C=O) groups excluding carboxylic acids is 1. The first kappa shape index (κ1) is 22.2. The number of anilines is 3. The van der Waals surface area contributed by atoms with Crippen molar-refractivity contribution in [2.75, 3.05) is 27.6 Å². The number of rotatable bonds is 5. The fourth-order valence-corrected chi connectivity index (χ4v) is 6.73. The summed E-state index contributed by atoms with van der Waals surface area (Å²) in [7, 11) is -3.75. The molecule has 1 amide bonds. The normalized spacial score (nSPS) is 18.5. The van der Waals surface area contributed by atoms with E-state index in [1.54, 1.807) is 28.6 Å². The molecule has 1 N–H and O–H groups in total. The zero-order valence-corrected chi connectivity index (χ0v) is 20.4. The van der Waals surface area contributed by atoms with Crippen molar-refractivity contribution in [3.63, 3.8) is 0 Å². The van der Waals surface area contributed by atoms with E-state index in [2.05, 4.69) is 14.6 Å². The van der Waals surface area contributed by atoms with Gasteiger partial charge in [-0.1, -0.05) is 11.6 Å². The Balaban J connectivity index is 0.00000274. The van der Waals surface area contributed by atoms with Crippen LogP contribution in [0.15, 0.2) is 52.9 Å². The number of hydrogen-bond acceptors (Lipinski definition) is 6. The summed E-state index contributed by atoms with van der Waals surface area (Å²) in [6, 6.07) is 10.5. The van der Waals surface area contributed by atoms with Gasteiger partial charge in [0.05, 0.1) is 4.90 Å². The molecule has 0 saturated carbocycles. The Kier molecular flexibility index (Phi) is 5.80. The molecule has 2 aliphatic rings. The van der Waals surface area contributed by atoms with Crippen molar-refractivity contribution in [2.24, 2.45) is 0 Å². The first-order valence-electron chi connectivity index (χ1n) is 10.7. The Bertz CT molecular complexity index is 1320. The molecule has 3 aromatic rings. The third kappa shape index (κ3) is 4.20. The molecule has 1 fully saturated rings.